The summed E-state index contributed by atoms with van der Waals surface area (Å²) in [5.41, 5.74) is 0.815. The molecule has 2 amide bonds. The van der Waals surface area contributed by atoms with E-state index in [1.165, 1.54) is 17.0 Å². The van der Waals surface area contributed by atoms with Crippen molar-refractivity contribution in [2.24, 2.45) is 0 Å². The van der Waals surface area contributed by atoms with E-state index in [9.17, 15) is 22.4 Å². The average Bonchev–Trinajstić information content (AvgIpc) is 2.97. The molecule has 11 heteroatoms. The number of ether oxygens (including phenoxy) is 1. The summed E-state index contributed by atoms with van der Waals surface area (Å²) in [5, 5.41) is 3.30. The molecule has 0 saturated carbocycles. The lowest BCUT2D eigenvalue weighted by atomic mass is 10.1. The SMILES string of the molecule is CCCCNC(=O)[C@H](CC)N(Cc1ccccc1Cl)C(=O)CN(c1ccc(OCC)cc1)S(=O)(=O)c1ccc(F)cc1. The number of nitrogens with zero attached hydrogens (tertiary/aromatic N) is 2. The van der Waals surface area contributed by atoms with Crippen LogP contribution in [0.25, 0.3) is 0 Å². The fraction of sp³-hybridized carbons (Fsp3) is 0.355. The number of unbranched alkanes of at least 4 members (excludes halogenated alkanes) is 1. The number of amides is 2. The first kappa shape index (κ1) is 32.9. The summed E-state index contributed by atoms with van der Waals surface area (Å²) in [4.78, 5) is 28.5. The number of anilines is 1. The van der Waals surface area contributed by atoms with Crippen molar-refractivity contribution in [2.45, 2.75) is 57.5 Å². The van der Waals surface area contributed by atoms with Crippen LogP contribution in [0, 0.1) is 5.82 Å². The molecule has 0 aromatic heterocycles. The second-order valence-electron chi connectivity index (χ2n) is 9.57. The molecule has 0 aliphatic heterocycles. The molecule has 1 atom stereocenters. The Kier molecular flexibility index (Phi) is 12.2. The van der Waals surface area contributed by atoms with Gasteiger partial charge < -0.3 is 15.0 Å². The Hall–Kier alpha value is -3.63. The van der Waals surface area contributed by atoms with Gasteiger partial charge >= 0.3 is 0 Å². The van der Waals surface area contributed by atoms with Crippen molar-refractivity contribution in [3.05, 3.63) is 89.2 Å². The van der Waals surface area contributed by atoms with Gasteiger partial charge in [0.1, 0.15) is 24.2 Å². The largest absolute Gasteiger partial charge is 0.494 e. The van der Waals surface area contributed by atoms with E-state index in [1.807, 2.05) is 13.8 Å². The fourth-order valence-corrected chi connectivity index (χ4v) is 5.98. The molecule has 0 heterocycles. The molecule has 226 valence electrons. The van der Waals surface area contributed by atoms with Gasteiger partial charge in [-0.05, 0) is 79.9 Å². The summed E-state index contributed by atoms with van der Waals surface area (Å²) < 4.78 is 47.9. The first-order chi connectivity index (χ1) is 20.1. The molecule has 0 spiro atoms. The number of carbonyl (C=O) groups is 2. The summed E-state index contributed by atoms with van der Waals surface area (Å²) in [6.07, 6.45) is 1.96. The van der Waals surface area contributed by atoms with E-state index >= 15 is 0 Å². The van der Waals surface area contributed by atoms with E-state index < -0.39 is 34.3 Å². The number of halogens is 2. The van der Waals surface area contributed by atoms with Crippen molar-refractivity contribution in [2.75, 3.05) is 24.0 Å². The van der Waals surface area contributed by atoms with Crippen LogP contribution in [0.15, 0.2) is 77.7 Å². The summed E-state index contributed by atoms with van der Waals surface area (Å²) in [6, 6.07) is 16.8. The minimum absolute atomic E-state index is 0.00801. The number of sulfonamides is 1. The zero-order valence-corrected chi connectivity index (χ0v) is 25.6. The van der Waals surface area contributed by atoms with Crippen molar-refractivity contribution in [3.63, 3.8) is 0 Å². The van der Waals surface area contributed by atoms with Gasteiger partial charge in [-0.1, -0.05) is 50.1 Å². The summed E-state index contributed by atoms with van der Waals surface area (Å²) in [7, 11) is -4.32. The molecule has 3 rings (SSSR count). The Morgan fingerprint density at radius 3 is 2.24 bits per heavy atom. The van der Waals surface area contributed by atoms with Gasteiger partial charge in [0.05, 0.1) is 17.2 Å². The molecule has 0 bridgehead atoms. The monoisotopic (exact) mass is 617 g/mol. The van der Waals surface area contributed by atoms with E-state index in [-0.39, 0.29) is 23.0 Å². The fourth-order valence-electron chi connectivity index (χ4n) is 4.37. The lowest BCUT2D eigenvalue weighted by molar-refractivity contribution is -0.140. The van der Waals surface area contributed by atoms with E-state index in [0.29, 0.717) is 35.9 Å². The maximum Gasteiger partial charge on any atom is 0.264 e. The first-order valence-electron chi connectivity index (χ1n) is 13.9. The number of hydrogen-bond acceptors (Lipinski definition) is 5. The predicted molar refractivity (Wildman–Crippen MR) is 163 cm³/mol. The van der Waals surface area contributed by atoms with Gasteiger partial charge in [0.25, 0.3) is 10.0 Å². The molecule has 3 aromatic carbocycles. The maximum atomic E-state index is 14.1. The van der Waals surface area contributed by atoms with Crippen LogP contribution in [-0.2, 0) is 26.2 Å². The van der Waals surface area contributed by atoms with Gasteiger partial charge in [0.15, 0.2) is 0 Å². The normalized spacial score (nSPS) is 11.9. The van der Waals surface area contributed by atoms with Gasteiger partial charge in [-0.2, -0.15) is 0 Å². The summed E-state index contributed by atoms with van der Waals surface area (Å²) in [5.74, 6) is -1.00. The molecule has 0 unspecified atom stereocenters. The predicted octanol–water partition coefficient (Wildman–Crippen LogP) is 5.80. The van der Waals surface area contributed by atoms with Crippen molar-refractivity contribution >= 4 is 39.1 Å². The molecule has 8 nitrogen and oxygen atoms in total. The lowest BCUT2D eigenvalue weighted by Gasteiger charge is -2.33. The zero-order chi connectivity index (χ0) is 30.7. The van der Waals surface area contributed by atoms with E-state index in [2.05, 4.69) is 5.32 Å². The van der Waals surface area contributed by atoms with Crippen LogP contribution in [0.5, 0.6) is 5.75 Å². The molecule has 0 aliphatic rings. The van der Waals surface area contributed by atoms with Crippen molar-refractivity contribution in [1.82, 2.24) is 10.2 Å². The number of rotatable bonds is 15. The minimum atomic E-state index is -4.32. The maximum absolute atomic E-state index is 14.1. The van der Waals surface area contributed by atoms with Crippen LogP contribution in [0.3, 0.4) is 0 Å². The molecular weight excluding hydrogens is 581 g/mol. The van der Waals surface area contributed by atoms with Crippen LogP contribution in [0.4, 0.5) is 10.1 Å². The second-order valence-corrected chi connectivity index (χ2v) is 11.8. The summed E-state index contributed by atoms with van der Waals surface area (Å²) in [6.45, 7) is 5.88. The van der Waals surface area contributed by atoms with Crippen LogP contribution in [0.2, 0.25) is 5.02 Å². The van der Waals surface area contributed by atoms with Crippen LogP contribution >= 0.6 is 11.6 Å². The molecule has 0 aliphatic carbocycles. The van der Waals surface area contributed by atoms with Crippen LogP contribution in [-0.4, -0.2) is 50.9 Å². The smallest absolute Gasteiger partial charge is 0.264 e. The molecule has 0 radical (unpaired) electrons. The molecule has 42 heavy (non-hydrogen) atoms. The Labute approximate surface area is 252 Å². The van der Waals surface area contributed by atoms with E-state index in [4.69, 9.17) is 16.3 Å². The third kappa shape index (κ3) is 8.45. The highest BCUT2D eigenvalue weighted by Gasteiger charge is 2.34. The number of benzene rings is 3. The second kappa shape index (κ2) is 15.6. The Morgan fingerprint density at radius 2 is 1.64 bits per heavy atom. The molecular formula is C31H37ClFN3O5S. The topological polar surface area (TPSA) is 96.0 Å². The molecule has 3 aromatic rings. The van der Waals surface area contributed by atoms with Gasteiger partial charge in [-0.15, -0.1) is 0 Å². The van der Waals surface area contributed by atoms with Gasteiger partial charge in [-0.25, -0.2) is 12.8 Å². The Bertz CT molecular complexity index is 1440. The Balaban J connectivity index is 2.05. The van der Waals surface area contributed by atoms with Crippen molar-refractivity contribution in [3.8, 4) is 5.75 Å². The number of carbonyl (C=O) groups excluding carboxylic acids is 2. The van der Waals surface area contributed by atoms with Crippen LogP contribution < -0.4 is 14.4 Å². The van der Waals surface area contributed by atoms with Crippen LogP contribution in [0.1, 0.15) is 45.6 Å². The number of nitrogens with one attached hydrogen (secondary N) is 1. The third-order valence-electron chi connectivity index (χ3n) is 6.63. The van der Waals surface area contributed by atoms with Crippen molar-refractivity contribution < 1.29 is 27.1 Å². The number of hydrogen-bond donors (Lipinski definition) is 1. The molecule has 0 saturated heterocycles. The van der Waals surface area contributed by atoms with E-state index in [0.717, 1.165) is 41.4 Å². The highest BCUT2D eigenvalue weighted by Crippen LogP contribution is 2.27. The Morgan fingerprint density at radius 1 is 0.976 bits per heavy atom. The van der Waals surface area contributed by atoms with Gasteiger partial charge in [0.2, 0.25) is 11.8 Å². The zero-order valence-electron chi connectivity index (χ0n) is 24.1. The first-order valence-corrected chi connectivity index (χ1v) is 15.8. The standard InChI is InChI=1S/C31H37ClFN3O5S/c1-4-7-20-34-31(38)29(5-2)35(21-23-10-8-9-11-28(23)32)30(37)22-36(25-14-16-26(17-15-25)41-6-3)42(39,40)27-18-12-24(33)13-19-27/h8-19,29H,4-7,20-22H2,1-3H3,(H,34,38)/t29-/m0/s1. The van der Waals surface area contributed by atoms with Gasteiger partial charge in [-0.3, -0.25) is 13.9 Å². The van der Waals surface area contributed by atoms with E-state index in [1.54, 1.807) is 43.3 Å². The van der Waals surface area contributed by atoms with Gasteiger partial charge in [0, 0.05) is 18.1 Å². The highest BCUT2D eigenvalue weighted by molar-refractivity contribution is 7.92. The quantitative estimate of drug-likeness (QED) is 0.218. The minimum Gasteiger partial charge on any atom is -0.494 e. The molecule has 0 fully saturated rings. The lowest BCUT2D eigenvalue weighted by Crippen LogP contribution is -2.52. The van der Waals surface area contributed by atoms with Crippen molar-refractivity contribution in [1.29, 1.82) is 0 Å². The molecule has 1 N–H and O–H groups in total. The summed E-state index contributed by atoms with van der Waals surface area (Å²) >= 11 is 6.42. The highest BCUT2D eigenvalue weighted by atomic mass is 35.5. The third-order valence-corrected chi connectivity index (χ3v) is 8.79. The average molecular weight is 618 g/mol.